The van der Waals surface area contributed by atoms with Crippen LogP contribution in [0.15, 0.2) is 30.8 Å². The Kier molecular flexibility index (Phi) is 7.16. The molecule has 0 bridgehead atoms. The maximum atomic E-state index is 5.48. The molecule has 0 aromatic heterocycles. The molecule has 1 radical (unpaired) electrons. The van der Waals surface area contributed by atoms with Crippen LogP contribution in [0, 0.1) is 0 Å². The van der Waals surface area contributed by atoms with Gasteiger partial charge in [-0.05, 0) is 18.5 Å². The first-order valence-corrected chi connectivity index (χ1v) is 9.62. The van der Waals surface area contributed by atoms with E-state index in [2.05, 4.69) is 35.7 Å². The van der Waals surface area contributed by atoms with Crippen LogP contribution in [-0.2, 0) is 9.47 Å². The van der Waals surface area contributed by atoms with Crippen LogP contribution in [0.1, 0.15) is 12.0 Å². The Hall–Kier alpha value is -0.943. The van der Waals surface area contributed by atoms with E-state index in [-0.39, 0.29) is 0 Å². The van der Waals surface area contributed by atoms with Gasteiger partial charge < -0.3 is 9.47 Å². The molecule has 1 aliphatic rings. The van der Waals surface area contributed by atoms with Crippen molar-refractivity contribution in [3.8, 4) is 0 Å². The summed E-state index contributed by atoms with van der Waals surface area (Å²) in [4.78, 5) is 2.51. The topological polar surface area (TPSA) is 21.7 Å². The van der Waals surface area contributed by atoms with E-state index < -0.39 is 8.80 Å². The van der Waals surface area contributed by atoms with Gasteiger partial charge in [0.05, 0.1) is 13.2 Å². The molecule has 0 spiro atoms. The zero-order valence-electron chi connectivity index (χ0n) is 13.0. The summed E-state index contributed by atoms with van der Waals surface area (Å²) >= 11 is 0. The Balaban J connectivity index is 1.90. The molecule has 0 atom stereocenters. The van der Waals surface area contributed by atoms with Gasteiger partial charge in [0.15, 0.2) is 0 Å². The van der Waals surface area contributed by atoms with Crippen LogP contribution in [0.5, 0.6) is 0 Å². The van der Waals surface area contributed by atoms with Gasteiger partial charge in [-0.1, -0.05) is 48.2 Å². The van der Waals surface area contributed by atoms with Crippen molar-refractivity contribution >= 4 is 20.1 Å². The van der Waals surface area contributed by atoms with Crippen molar-refractivity contribution < 1.29 is 9.47 Å². The minimum absolute atomic E-state index is 0.667. The summed E-state index contributed by atoms with van der Waals surface area (Å²) in [6.07, 6.45) is 4.08. The molecule has 2 rings (SSSR count). The summed E-state index contributed by atoms with van der Waals surface area (Å²) in [5, 5.41) is 1.46. The van der Waals surface area contributed by atoms with Crippen molar-refractivity contribution in [2.75, 3.05) is 46.2 Å². The number of nitrogens with zero attached hydrogens (tertiary/aromatic N) is 1. The predicted molar refractivity (Wildman–Crippen MR) is 90.5 cm³/mol. The van der Waals surface area contributed by atoms with Gasteiger partial charge in [0.25, 0.3) is 0 Å². The molecule has 1 fully saturated rings. The van der Waals surface area contributed by atoms with E-state index in [0.29, 0.717) is 0 Å². The molecule has 1 aliphatic heterocycles. The molecular weight excluding hydrogens is 278 g/mol. The van der Waals surface area contributed by atoms with Crippen LogP contribution in [-0.4, -0.2) is 59.9 Å². The van der Waals surface area contributed by atoms with Crippen molar-refractivity contribution in [2.24, 2.45) is 0 Å². The second-order valence-electron chi connectivity index (χ2n) is 5.39. The van der Waals surface area contributed by atoms with E-state index in [4.69, 9.17) is 9.47 Å². The van der Waals surface area contributed by atoms with E-state index in [1.807, 2.05) is 13.2 Å². The molecule has 1 aromatic rings. The highest BCUT2D eigenvalue weighted by Gasteiger charge is 2.17. The fourth-order valence-electron chi connectivity index (χ4n) is 2.80. The van der Waals surface area contributed by atoms with Gasteiger partial charge in [0, 0.05) is 26.4 Å². The highest BCUT2D eigenvalue weighted by molar-refractivity contribution is 6.73. The monoisotopic (exact) mass is 304 g/mol. The number of ether oxygens (including phenoxy) is 2. The normalized spacial score (nSPS) is 16.3. The Morgan fingerprint density at radius 3 is 2.81 bits per heavy atom. The lowest BCUT2D eigenvalue weighted by atomic mass is 10.2. The summed E-state index contributed by atoms with van der Waals surface area (Å²) in [7, 11) is 1.14. The molecule has 1 heterocycles. The molecule has 0 unspecified atom stereocenters. The Morgan fingerprint density at radius 1 is 1.33 bits per heavy atom. The largest absolute Gasteiger partial charge is 0.388 e. The lowest BCUT2D eigenvalue weighted by molar-refractivity contribution is 0.0379. The fourth-order valence-corrected chi connectivity index (χ4v) is 5.22. The molecule has 1 aromatic carbocycles. The summed E-state index contributed by atoms with van der Waals surface area (Å²) in [5.74, 6) is 0. The summed E-state index contributed by atoms with van der Waals surface area (Å²) in [6, 6.07) is 9.87. The lowest BCUT2D eigenvalue weighted by Crippen LogP contribution is -2.39. The number of methoxy groups -OCH3 is 1. The maximum absolute atomic E-state index is 5.48. The van der Waals surface area contributed by atoms with Gasteiger partial charge in [-0.2, -0.15) is 0 Å². The third kappa shape index (κ3) is 5.07. The van der Waals surface area contributed by atoms with Crippen LogP contribution in [0.4, 0.5) is 0 Å². The Labute approximate surface area is 130 Å². The van der Waals surface area contributed by atoms with Crippen molar-refractivity contribution in [3.05, 3.63) is 36.4 Å². The molecule has 115 valence electrons. The zero-order valence-corrected chi connectivity index (χ0v) is 14.0. The highest BCUT2D eigenvalue weighted by Crippen LogP contribution is 2.08. The zero-order chi connectivity index (χ0) is 14.9. The maximum Gasteiger partial charge on any atom is 0.117 e. The SMILES string of the molecule is C=Cc1ccccc1[Si](CCCN1CCOCC1)COC. The number of hydrogen-bond donors (Lipinski definition) is 0. The lowest BCUT2D eigenvalue weighted by Gasteiger charge is -2.27. The number of benzene rings is 1. The average Bonchev–Trinajstić information content (AvgIpc) is 2.55. The van der Waals surface area contributed by atoms with Crippen molar-refractivity contribution in [1.29, 1.82) is 0 Å². The molecule has 1 saturated heterocycles. The third-order valence-corrected chi connectivity index (χ3v) is 6.75. The second-order valence-corrected chi connectivity index (χ2v) is 7.92. The first kappa shape index (κ1) is 16.4. The van der Waals surface area contributed by atoms with Crippen LogP contribution < -0.4 is 5.19 Å². The van der Waals surface area contributed by atoms with E-state index in [1.165, 1.54) is 29.8 Å². The fraction of sp³-hybridized carbons (Fsp3) is 0.529. The van der Waals surface area contributed by atoms with E-state index in [0.717, 1.165) is 32.5 Å². The van der Waals surface area contributed by atoms with Crippen LogP contribution in [0.25, 0.3) is 6.08 Å². The Morgan fingerprint density at radius 2 is 2.10 bits per heavy atom. The molecule has 21 heavy (non-hydrogen) atoms. The quantitative estimate of drug-likeness (QED) is 0.685. The summed E-state index contributed by atoms with van der Waals surface area (Å²) in [5.41, 5.74) is 1.27. The first-order valence-electron chi connectivity index (χ1n) is 7.70. The Bertz CT molecular complexity index is 433. The van der Waals surface area contributed by atoms with E-state index in [1.54, 1.807) is 0 Å². The smallest absolute Gasteiger partial charge is 0.117 e. The number of rotatable bonds is 8. The minimum atomic E-state index is -0.667. The van der Waals surface area contributed by atoms with Crippen LogP contribution >= 0.6 is 0 Å². The standard InChI is InChI=1S/C17H26NO2Si/c1-3-16-7-4-5-8-17(16)21(15-19-2)14-6-9-18-10-12-20-13-11-18/h3-5,7-8H,1,6,9-15H2,2H3. The highest BCUT2D eigenvalue weighted by atomic mass is 28.3. The molecule has 0 saturated carbocycles. The summed E-state index contributed by atoms with van der Waals surface area (Å²) < 4.78 is 10.9. The molecule has 3 nitrogen and oxygen atoms in total. The van der Waals surface area contributed by atoms with Crippen molar-refractivity contribution in [2.45, 2.75) is 12.5 Å². The predicted octanol–water partition coefficient (Wildman–Crippen LogP) is 1.94. The second kappa shape index (κ2) is 9.15. The van der Waals surface area contributed by atoms with Gasteiger partial charge in [-0.15, -0.1) is 0 Å². The van der Waals surface area contributed by atoms with Crippen molar-refractivity contribution in [1.82, 2.24) is 4.90 Å². The van der Waals surface area contributed by atoms with Gasteiger partial charge >= 0.3 is 0 Å². The molecular formula is C17H26NO2Si. The van der Waals surface area contributed by atoms with E-state index >= 15 is 0 Å². The third-order valence-electron chi connectivity index (χ3n) is 3.94. The average molecular weight is 304 g/mol. The molecule has 4 heteroatoms. The van der Waals surface area contributed by atoms with Gasteiger partial charge in [-0.3, -0.25) is 4.90 Å². The van der Waals surface area contributed by atoms with Crippen molar-refractivity contribution in [3.63, 3.8) is 0 Å². The molecule has 0 aliphatic carbocycles. The number of hydrogen-bond acceptors (Lipinski definition) is 3. The summed E-state index contributed by atoms with van der Waals surface area (Å²) in [6.45, 7) is 9.05. The van der Waals surface area contributed by atoms with Crippen LogP contribution in [0.3, 0.4) is 0 Å². The minimum Gasteiger partial charge on any atom is -0.388 e. The molecule has 0 amide bonds. The van der Waals surface area contributed by atoms with Crippen LogP contribution in [0.2, 0.25) is 6.04 Å². The number of morpholine rings is 1. The van der Waals surface area contributed by atoms with E-state index in [9.17, 15) is 0 Å². The first-order chi connectivity index (χ1) is 10.3. The van der Waals surface area contributed by atoms with Gasteiger partial charge in [-0.25, -0.2) is 0 Å². The molecule has 0 N–H and O–H groups in total. The van der Waals surface area contributed by atoms with Gasteiger partial charge in [0.1, 0.15) is 8.80 Å². The van der Waals surface area contributed by atoms with Gasteiger partial charge in [0.2, 0.25) is 0 Å².